The lowest BCUT2D eigenvalue weighted by molar-refractivity contribution is 1.19. The molecule has 0 atom stereocenters. The van der Waals surface area contributed by atoms with Crippen molar-refractivity contribution in [3.8, 4) is 0 Å². The first-order chi connectivity index (χ1) is 20.4. The zero-order chi connectivity index (χ0) is 28.5. The van der Waals surface area contributed by atoms with Gasteiger partial charge in [-0.2, -0.15) is 0 Å². The summed E-state index contributed by atoms with van der Waals surface area (Å²) in [5.41, 5.74) is 10.1. The van der Waals surface area contributed by atoms with E-state index in [9.17, 15) is 0 Å². The van der Waals surface area contributed by atoms with Gasteiger partial charge in [-0.1, -0.05) is 84.2 Å². The quantitative estimate of drug-likeness (QED) is 0.201. The number of para-hydroxylation sites is 2. The Hall–Kier alpha value is -4.12. The number of aryl methyl sites for hydroxylation is 4. The van der Waals surface area contributed by atoms with Crippen molar-refractivity contribution in [3.05, 3.63) is 142 Å². The van der Waals surface area contributed by atoms with Crippen LogP contribution in [0.2, 0.25) is 0 Å². The summed E-state index contributed by atoms with van der Waals surface area (Å²) < 4.78 is 0. The first kappa shape index (κ1) is 25.6. The highest BCUT2D eigenvalue weighted by Crippen LogP contribution is 2.58. The Morgan fingerprint density at radius 3 is 1.21 bits per heavy atom. The van der Waals surface area contributed by atoms with E-state index in [1.807, 2.05) is 23.5 Å². The Bertz CT molecular complexity index is 1960. The molecule has 8 rings (SSSR count). The van der Waals surface area contributed by atoms with E-state index in [0.29, 0.717) is 0 Å². The van der Waals surface area contributed by atoms with Crippen molar-refractivity contribution in [1.82, 2.24) is 0 Å². The second-order valence-electron chi connectivity index (χ2n) is 11.4. The van der Waals surface area contributed by atoms with Gasteiger partial charge in [0, 0.05) is 21.2 Å². The summed E-state index contributed by atoms with van der Waals surface area (Å²) in [5.74, 6) is 0. The first-order valence-electron chi connectivity index (χ1n) is 14.3. The molecular weight excluding hydrogens is 549 g/mol. The van der Waals surface area contributed by atoms with Crippen LogP contribution in [0.4, 0.5) is 22.7 Å². The number of nitrogens with zero attached hydrogens (tertiary/aromatic N) is 2. The lowest BCUT2D eigenvalue weighted by atomic mass is 10.0. The highest BCUT2D eigenvalue weighted by Gasteiger charge is 2.36. The smallest absolute Gasteiger partial charge is 0.116 e. The number of thioether (sulfide) groups is 2. The molecule has 2 nitrogen and oxygen atoms in total. The van der Waals surface area contributed by atoms with Gasteiger partial charge in [-0.25, -0.2) is 0 Å². The van der Waals surface area contributed by atoms with Gasteiger partial charge in [0.1, 0.15) is 10.1 Å². The lowest BCUT2D eigenvalue weighted by Crippen LogP contribution is -2.18. The normalized spacial score (nSPS) is 16.0. The van der Waals surface area contributed by atoms with E-state index in [-0.39, 0.29) is 0 Å². The number of anilines is 4. The number of rotatable bonds is 2. The van der Waals surface area contributed by atoms with Gasteiger partial charge in [-0.3, -0.25) is 0 Å². The van der Waals surface area contributed by atoms with Crippen LogP contribution >= 0.6 is 23.5 Å². The number of hydrogen-bond acceptors (Lipinski definition) is 4. The summed E-state index contributed by atoms with van der Waals surface area (Å²) in [4.78, 5) is 7.48. The zero-order valence-electron chi connectivity index (χ0n) is 24.1. The van der Waals surface area contributed by atoms with Gasteiger partial charge in [0.2, 0.25) is 0 Å². The van der Waals surface area contributed by atoms with Gasteiger partial charge in [-0.05, 0) is 120 Å². The molecule has 0 spiro atoms. The van der Waals surface area contributed by atoms with E-state index in [2.05, 4.69) is 147 Å². The van der Waals surface area contributed by atoms with Gasteiger partial charge >= 0.3 is 0 Å². The number of hydrogen-bond donors (Lipinski definition) is 0. The van der Waals surface area contributed by atoms with E-state index in [1.165, 1.54) is 86.4 Å². The van der Waals surface area contributed by atoms with E-state index in [1.54, 1.807) is 0 Å². The summed E-state index contributed by atoms with van der Waals surface area (Å²) in [6.45, 7) is 8.79. The molecule has 0 aliphatic carbocycles. The van der Waals surface area contributed by atoms with Crippen molar-refractivity contribution < 1.29 is 0 Å². The Morgan fingerprint density at radius 1 is 0.405 bits per heavy atom. The third kappa shape index (κ3) is 4.05. The maximum atomic E-state index is 2.46. The van der Waals surface area contributed by atoms with Gasteiger partial charge in [0.15, 0.2) is 0 Å². The summed E-state index contributed by atoms with van der Waals surface area (Å²) in [7, 11) is 0. The van der Waals surface area contributed by atoms with E-state index >= 15 is 0 Å². The molecule has 0 fully saturated rings. The van der Waals surface area contributed by atoms with Crippen LogP contribution in [-0.4, -0.2) is 0 Å². The molecule has 0 aromatic heterocycles. The average Bonchev–Trinajstić information content (AvgIpc) is 3.57. The van der Waals surface area contributed by atoms with Gasteiger partial charge in [-0.15, -0.1) is 0 Å². The molecular formula is C38H30N2S2. The minimum atomic E-state index is 1.19. The molecule has 6 aromatic rings. The minimum absolute atomic E-state index is 1.19. The molecule has 0 saturated carbocycles. The summed E-state index contributed by atoms with van der Waals surface area (Å²) in [5, 5.41) is 7.58. The molecule has 2 aliphatic rings. The molecule has 0 saturated heterocycles. The van der Waals surface area contributed by atoms with Crippen molar-refractivity contribution in [3.63, 3.8) is 0 Å². The van der Waals surface area contributed by atoms with Crippen molar-refractivity contribution in [1.29, 1.82) is 0 Å². The molecule has 204 valence electrons. The Kier molecular flexibility index (Phi) is 5.92. The second-order valence-corrected chi connectivity index (χ2v) is 13.4. The largest absolute Gasteiger partial charge is 0.301 e. The third-order valence-corrected chi connectivity index (χ3v) is 11.0. The van der Waals surface area contributed by atoms with Crippen LogP contribution < -0.4 is 9.80 Å². The number of benzene rings is 6. The highest BCUT2D eigenvalue weighted by molar-refractivity contribution is 8.07. The lowest BCUT2D eigenvalue weighted by Gasteiger charge is -2.27. The first-order valence-corrected chi connectivity index (χ1v) is 16.0. The fourth-order valence-electron chi connectivity index (χ4n) is 6.07. The van der Waals surface area contributed by atoms with Crippen LogP contribution in [0.25, 0.3) is 21.5 Å². The van der Waals surface area contributed by atoms with E-state index < -0.39 is 0 Å². The molecule has 0 bridgehead atoms. The van der Waals surface area contributed by atoms with Crippen molar-refractivity contribution in [2.75, 3.05) is 9.80 Å². The summed E-state index contributed by atoms with van der Waals surface area (Å²) in [6.07, 6.45) is 0. The topological polar surface area (TPSA) is 6.48 Å². The van der Waals surface area contributed by atoms with Crippen molar-refractivity contribution in [2.45, 2.75) is 37.5 Å². The molecule has 2 aliphatic heterocycles. The Labute approximate surface area is 255 Å². The third-order valence-electron chi connectivity index (χ3n) is 8.60. The van der Waals surface area contributed by atoms with Crippen LogP contribution in [0.1, 0.15) is 22.3 Å². The highest BCUT2D eigenvalue weighted by atomic mass is 32.2. The van der Waals surface area contributed by atoms with Crippen LogP contribution in [0.5, 0.6) is 0 Å². The molecule has 0 amide bonds. The second kappa shape index (κ2) is 9.72. The molecule has 0 unspecified atom stereocenters. The van der Waals surface area contributed by atoms with E-state index in [4.69, 9.17) is 0 Å². The monoisotopic (exact) mass is 578 g/mol. The van der Waals surface area contributed by atoms with E-state index in [0.717, 1.165) is 0 Å². The molecule has 2 heterocycles. The predicted molar refractivity (Wildman–Crippen MR) is 183 cm³/mol. The van der Waals surface area contributed by atoms with Gasteiger partial charge in [0.25, 0.3) is 0 Å². The van der Waals surface area contributed by atoms with Crippen molar-refractivity contribution >= 4 is 67.8 Å². The van der Waals surface area contributed by atoms with Crippen LogP contribution in [0.3, 0.4) is 0 Å². The molecule has 4 heteroatoms. The fraction of sp³-hybridized carbons (Fsp3) is 0.105. The van der Waals surface area contributed by atoms with Gasteiger partial charge in [0.05, 0.1) is 11.4 Å². The van der Waals surface area contributed by atoms with Gasteiger partial charge < -0.3 is 9.80 Å². The molecule has 42 heavy (non-hydrogen) atoms. The Balaban J connectivity index is 1.35. The standard InChI is InChI=1S/C38H30N2S2/c1-23-17-27-13-15-31(21-29(27)19-25(23)3)39-33-9-5-7-11-35(33)41-37(39)38-40(34-10-6-8-12-36(34)42-38)32-16-14-28-18-24(2)26(4)20-30(28)22-32/h5-22H,1-4H3/b38-37+. The average molecular weight is 579 g/mol. The maximum absolute atomic E-state index is 2.46. The number of fused-ring (bicyclic) bond motifs is 4. The molecule has 0 N–H and O–H groups in total. The minimum Gasteiger partial charge on any atom is -0.301 e. The van der Waals surface area contributed by atoms with Crippen molar-refractivity contribution in [2.24, 2.45) is 0 Å². The van der Waals surface area contributed by atoms with Crippen LogP contribution in [-0.2, 0) is 0 Å². The van der Waals surface area contributed by atoms with Crippen LogP contribution in [0, 0.1) is 27.7 Å². The molecule has 0 radical (unpaired) electrons. The van der Waals surface area contributed by atoms with Crippen LogP contribution in [0.15, 0.2) is 129 Å². The maximum Gasteiger partial charge on any atom is 0.116 e. The fourth-order valence-corrected chi connectivity index (χ4v) is 8.50. The zero-order valence-corrected chi connectivity index (χ0v) is 25.7. The summed E-state index contributed by atoms with van der Waals surface area (Å²) >= 11 is 3.73. The summed E-state index contributed by atoms with van der Waals surface area (Å²) in [6, 6.07) is 40.6. The molecule has 6 aromatic carbocycles. The Morgan fingerprint density at radius 2 is 0.786 bits per heavy atom. The predicted octanol–water partition coefficient (Wildman–Crippen LogP) is 11.5. The SMILES string of the molecule is Cc1cc2ccc(N3/C(=C4\Sc5ccccc5N4c4ccc5cc(C)c(C)cc5c4)Sc4ccccc43)cc2cc1C.